The highest BCUT2D eigenvalue weighted by Gasteiger charge is 2.64. The van der Waals surface area contributed by atoms with Crippen molar-refractivity contribution in [3.05, 3.63) is 0 Å². The van der Waals surface area contributed by atoms with Gasteiger partial charge in [-0.1, -0.05) is 13.8 Å². The number of hydrogen-bond donors (Lipinski definition) is 5. The van der Waals surface area contributed by atoms with Crippen molar-refractivity contribution in [2.24, 2.45) is 34.1 Å². The number of fused-ring (bicyclic) bond motifs is 1. The number of nitrogens with one attached hydrogen (secondary N) is 3. The summed E-state index contributed by atoms with van der Waals surface area (Å²) in [4.78, 5) is 31.1. The number of hydrogen-bond acceptors (Lipinski definition) is 8. The molecule has 0 bridgehead atoms. The molecule has 5 fully saturated rings. The summed E-state index contributed by atoms with van der Waals surface area (Å²) in [5.74, 6) is -0.539. The fraction of sp³-hybridized carbons (Fsp3) is 0.931. The van der Waals surface area contributed by atoms with Crippen LogP contribution in [0, 0.1) is 22.7 Å². The number of likely N-dealkylation sites (tertiary alicyclic amines) is 1. The molecule has 11 heteroatoms. The third kappa shape index (κ3) is 6.20. The van der Waals surface area contributed by atoms with Crippen molar-refractivity contribution in [2.45, 2.75) is 95.7 Å². The van der Waals surface area contributed by atoms with E-state index in [0.717, 1.165) is 77.7 Å². The Bertz CT molecular complexity index is 897. The second kappa shape index (κ2) is 12.5. The van der Waals surface area contributed by atoms with Crippen LogP contribution in [0.15, 0.2) is 0 Å². The van der Waals surface area contributed by atoms with E-state index in [9.17, 15) is 14.0 Å². The van der Waals surface area contributed by atoms with Gasteiger partial charge in [0.25, 0.3) is 0 Å². The molecule has 0 spiro atoms. The third-order valence-electron chi connectivity index (χ3n) is 11.0. The van der Waals surface area contributed by atoms with Crippen molar-refractivity contribution in [2.75, 3.05) is 52.6 Å². The normalized spacial score (nSPS) is 38.7. The van der Waals surface area contributed by atoms with Crippen molar-refractivity contribution < 1.29 is 18.7 Å². The average molecular weight is 566 g/mol. The average Bonchev–Trinajstić information content (AvgIpc) is 3.52. The van der Waals surface area contributed by atoms with Gasteiger partial charge in [0.05, 0.1) is 24.7 Å². The van der Waals surface area contributed by atoms with E-state index in [2.05, 4.69) is 34.7 Å². The molecule has 4 aliphatic heterocycles. The Hall–Kier alpha value is -1.37. The molecule has 10 nitrogen and oxygen atoms in total. The van der Waals surface area contributed by atoms with Gasteiger partial charge < -0.3 is 37.1 Å². The van der Waals surface area contributed by atoms with Crippen LogP contribution >= 0.6 is 0 Å². The molecule has 7 atom stereocenters. The van der Waals surface area contributed by atoms with E-state index < -0.39 is 18.3 Å². The van der Waals surface area contributed by atoms with Crippen LogP contribution < -0.4 is 27.4 Å². The number of rotatable bonds is 7. The van der Waals surface area contributed by atoms with Gasteiger partial charge >= 0.3 is 0 Å². The first-order valence-electron chi connectivity index (χ1n) is 15.7. The van der Waals surface area contributed by atoms with Gasteiger partial charge in [-0.05, 0) is 81.8 Å². The maximum Gasteiger partial charge on any atom is 0.227 e. The summed E-state index contributed by atoms with van der Waals surface area (Å²) in [7, 11) is 0. The second-order valence-electron chi connectivity index (χ2n) is 13.5. The van der Waals surface area contributed by atoms with Crippen LogP contribution in [-0.4, -0.2) is 105 Å². The molecule has 0 aromatic carbocycles. The van der Waals surface area contributed by atoms with Gasteiger partial charge in [-0.2, -0.15) is 0 Å². The summed E-state index contributed by atoms with van der Waals surface area (Å²) in [5.41, 5.74) is 12.5. The van der Waals surface area contributed by atoms with Crippen LogP contribution in [0.4, 0.5) is 4.39 Å². The van der Waals surface area contributed by atoms with Crippen molar-refractivity contribution in [1.82, 2.24) is 25.8 Å². The molecule has 7 N–H and O–H groups in total. The zero-order chi connectivity index (χ0) is 28.5. The summed E-state index contributed by atoms with van der Waals surface area (Å²) >= 11 is 0. The standard InChI is InChI=1S/C29H52FN7O3/c1-3-29-13-20(30)15-34-21(14-28(29,2)17-29)24(25(31)32)26(38)35-22-16-33-8-5-23(22)36-10-6-19(7-11-36)27(39)37-9-4-12-40-18-37/h19-25,33-34H,3-18,31-32H2,1-2H3,(H,35,38). The first-order chi connectivity index (χ1) is 19.2. The molecular formula is C29H52FN7O3. The minimum Gasteiger partial charge on any atom is -0.361 e. The predicted octanol–water partition coefficient (Wildman–Crippen LogP) is 0.508. The number of amides is 2. The minimum absolute atomic E-state index is 0.00533. The Morgan fingerprint density at radius 1 is 1.15 bits per heavy atom. The molecule has 5 rings (SSSR count). The molecule has 1 aliphatic carbocycles. The fourth-order valence-corrected chi connectivity index (χ4v) is 8.43. The summed E-state index contributed by atoms with van der Waals surface area (Å²) in [6, 6.07) is -0.171. The lowest BCUT2D eigenvalue weighted by atomic mass is 9.78. The zero-order valence-electron chi connectivity index (χ0n) is 24.5. The van der Waals surface area contributed by atoms with Crippen LogP contribution in [0.25, 0.3) is 0 Å². The number of alkyl halides is 1. The third-order valence-corrected chi connectivity index (χ3v) is 11.0. The first-order valence-corrected chi connectivity index (χ1v) is 15.7. The van der Waals surface area contributed by atoms with E-state index in [4.69, 9.17) is 16.2 Å². The Balaban J connectivity index is 1.21. The van der Waals surface area contributed by atoms with E-state index in [1.54, 1.807) is 0 Å². The maximum absolute atomic E-state index is 14.9. The molecule has 4 saturated heterocycles. The van der Waals surface area contributed by atoms with Gasteiger partial charge in [0.2, 0.25) is 11.8 Å². The van der Waals surface area contributed by atoms with Crippen LogP contribution in [0.2, 0.25) is 0 Å². The molecular weight excluding hydrogens is 513 g/mol. The van der Waals surface area contributed by atoms with Gasteiger partial charge in [0, 0.05) is 37.6 Å². The van der Waals surface area contributed by atoms with Crippen LogP contribution in [-0.2, 0) is 14.3 Å². The summed E-state index contributed by atoms with van der Waals surface area (Å²) < 4.78 is 20.4. The molecule has 0 aromatic heterocycles. The largest absolute Gasteiger partial charge is 0.361 e. The highest BCUT2D eigenvalue weighted by molar-refractivity contribution is 5.80. The van der Waals surface area contributed by atoms with E-state index in [0.29, 0.717) is 19.7 Å². The lowest BCUT2D eigenvalue weighted by Crippen LogP contribution is -2.64. The minimum atomic E-state index is -0.938. The van der Waals surface area contributed by atoms with Gasteiger partial charge in [-0.25, -0.2) is 4.39 Å². The Kier molecular flexibility index (Phi) is 9.38. The maximum atomic E-state index is 14.9. The summed E-state index contributed by atoms with van der Waals surface area (Å²) in [6.07, 6.45) is 4.97. The lowest BCUT2D eigenvalue weighted by molar-refractivity contribution is -0.146. The van der Waals surface area contributed by atoms with E-state index in [1.165, 1.54) is 0 Å². The van der Waals surface area contributed by atoms with Crippen molar-refractivity contribution in [1.29, 1.82) is 0 Å². The summed E-state index contributed by atoms with van der Waals surface area (Å²) in [6.45, 7) is 9.76. The highest BCUT2D eigenvalue weighted by Crippen LogP contribution is 2.71. The number of piperidine rings is 2. The number of halogens is 1. The van der Waals surface area contributed by atoms with Gasteiger partial charge in [0.1, 0.15) is 12.9 Å². The zero-order valence-corrected chi connectivity index (χ0v) is 24.5. The smallest absolute Gasteiger partial charge is 0.227 e. The molecule has 228 valence electrons. The molecule has 7 unspecified atom stereocenters. The van der Waals surface area contributed by atoms with Crippen LogP contribution in [0.5, 0.6) is 0 Å². The van der Waals surface area contributed by atoms with Crippen molar-refractivity contribution in [3.8, 4) is 0 Å². The van der Waals surface area contributed by atoms with E-state index >= 15 is 0 Å². The molecule has 0 aromatic rings. The van der Waals surface area contributed by atoms with Gasteiger partial charge in [-0.15, -0.1) is 0 Å². The molecule has 2 amide bonds. The number of carbonyl (C=O) groups excluding carboxylic acids is 2. The SMILES string of the molecule is CCC12CC(F)CNC(C(C(=O)NC3CNCCC3N3CCC(C(=O)N4CCCOC4)CC3)C(N)N)CC1(C)C2. The fourth-order valence-electron chi connectivity index (χ4n) is 8.43. The molecule has 5 aliphatic rings. The van der Waals surface area contributed by atoms with Crippen molar-refractivity contribution in [3.63, 3.8) is 0 Å². The molecule has 4 heterocycles. The Morgan fingerprint density at radius 3 is 2.60 bits per heavy atom. The van der Waals surface area contributed by atoms with E-state index in [-0.39, 0.29) is 53.2 Å². The van der Waals surface area contributed by atoms with Crippen LogP contribution in [0.1, 0.15) is 65.2 Å². The molecule has 0 radical (unpaired) electrons. The summed E-state index contributed by atoms with van der Waals surface area (Å²) in [5, 5.41) is 10.1. The topological polar surface area (TPSA) is 138 Å². The first kappa shape index (κ1) is 30.1. The van der Waals surface area contributed by atoms with Gasteiger partial charge in [-0.3, -0.25) is 14.5 Å². The highest BCUT2D eigenvalue weighted by atomic mass is 19.1. The molecule has 1 saturated carbocycles. The monoisotopic (exact) mass is 565 g/mol. The Morgan fingerprint density at radius 2 is 1.93 bits per heavy atom. The number of nitrogens with zero attached hydrogens (tertiary/aromatic N) is 2. The van der Waals surface area contributed by atoms with Crippen molar-refractivity contribution >= 4 is 11.8 Å². The van der Waals surface area contributed by atoms with Crippen LogP contribution in [0.3, 0.4) is 0 Å². The quantitative estimate of drug-likeness (QED) is 0.282. The number of ether oxygens (including phenoxy) is 1. The number of nitrogens with two attached hydrogens (primary N) is 2. The second-order valence-corrected chi connectivity index (χ2v) is 13.5. The lowest BCUT2D eigenvalue weighted by Gasteiger charge is -2.44. The molecule has 40 heavy (non-hydrogen) atoms. The Labute approximate surface area is 238 Å². The number of carbonyl (C=O) groups is 2. The van der Waals surface area contributed by atoms with E-state index in [1.807, 2.05) is 4.90 Å². The van der Waals surface area contributed by atoms with Gasteiger partial charge in [0.15, 0.2) is 0 Å². The predicted molar refractivity (Wildman–Crippen MR) is 152 cm³/mol.